The van der Waals surface area contributed by atoms with Gasteiger partial charge in [0.05, 0.1) is 33.4 Å². The molecule has 4 aromatic rings. The molecule has 1 N–H and O–H groups in total. The van der Waals surface area contributed by atoms with Gasteiger partial charge in [0, 0.05) is 29.6 Å². The molecule has 3 heterocycles. The Morgan fingerprint density at radius 3 is 2.88 bits per heavy atom. The van der Waals surface area contributed by atoms with Crippen molar-refractivity contribution in [2.45, 2.75) is 26.8 Å². The van der Waals surface area contributed by atoms with Crippen LogP contribution in [0.4, 0.5) is 5.69 Å². The average molecular weight is 463 g/mol. The number of amides is 2. The van der Waals surface area contributed by atoms with E-state index >= 15 is 0 Å². The van der Waals surface area contributed by atoms with E-state index in [4.69, 9.17) is 0 Å². The molecule has 0 saturated carbocycles. The van der Waals surface area contributed by atoms with E-state index in [9.17, 15) is 9.59 Å². The molecule has 1 fully saturated rings. The molecule has 1 aliphatic heterocycles. The second-order valence-corrected chi connectivity index (χ2v) is 10.1. The van der Waals surface area contributed by atoms with E-state index in [2.05, 4.69) is 34.3 Å². The number of hydrogen-bond acceptors (Lipinski definition) is 6. The van der Waals surface area contributed by atoms with Crippen LogP contribution in [-0.4, -0.2) is 28.3 Å². The van der Waals surface area contributed by atoms with Gasteiger partial charge in [-0.2, -0.15) is 0 Å². The van der Waals surface area contributed by atoms with Gasteiger partial charge in [-0.05, 0) is 37.6 Å². The maximum Gasteiger partial charge on any atom is 0.227 e. The monoisotopic (exact) mass is 462 g/mol. The quantitative estimate of drug-likeness (QED) is 0.466. The molecule has 1 aliphatic rings. The second-order valence-electron chi connectivity index (χ2n) is 7.97. The summed E-state index contributed by atoms with van der Waals surface area (Å²) in [6.07, 6.45) is 0.214. The standard InChI is InChI=1S/C24H22N4O2S2/c1-14-5-3-4-6-19(14)24-27-17(13-31-24)11-25-23(30)16-9-22(29)28(12-16)18-7-8-21-20(10-18)26-15(2)32-21/h3-8,10,13,16H,9,11-12H2,1-2H3,(H,25,30). The molecule has 0 spiro atoms. The molecule has 2 aromatic heterocycles. The highest BCUT2D eigenvalue weighted by molar-refractivity contribution is 7.18. The predicted molar refractivity (Wildman–Crippen MR) is 129 cm³/mol. The number of fused-ring (bicyclic) bond motifs is 1. The molecule has 0 aliphatic carbocycles. The summed E-state index contributed by atoms with van der Waals surface area (Å²) in [6, 6.07) is 14.0. The number of hydrogen-bond donors (Lipinski definition) is 1. The molecule has 1 saturated heterocycles. The zero-order valence-electron chi connectivity index (χ0n) is 17.8. The van der Waals surface area contributed by atoms with Crippen molar-refractivity contribution in [3.05, 3.63) is 64.1 Å². The van der Waals surface area contributed by atoms with Gasteiger partial charge in [-0.1, -0.05) is 24.3 Å². The first-order valence-corrected chi connectivity index (χ1v) is 12.1. The number of benzene rings is 2. The third-order valence-electron chi connectivity index (χ3n) is 5.66. The zero-order chi connectivity index (χ0) is 22.2. The molecule has 0 bridgehead atoms. The lowest BCUT2D eigenvalue weighted by molar-refractivity contribution is -0.126. The van der Waals surface area contributed by atoms with Gasteiger partial charge in [-0.25, -0.2) is 9.97 Å². The number of carbonyl (C=O) groups is 2. The number of nitrogens with zero attached hydrogens (tertiary/aromatic N) is 3. The summed E-state index contributed by atoms with van der Waals surface area (Å²) in [5.74, 6) is -0.520. The van der Waals surface area contributed by atoms with E-state index in [1.807, 2.05) is 42.6 Å². The fourth-order valence-corrected chi connectivity index (χ4v) is 5.70. The topological polar surface area (TPSA) is 75.2 Å². The van der Waals surface area contributed by atoms with Gasteiger partial charge in [0.2, 0.25) is 11.8 Å². The van der Waals surface area contributed by atoms with E-state index in [1.165, 1.54) is 5.56 Å². The minimum atomic E-state index is -0.371. The first-order chi connectivity index (χ1) is 15.5. The SMILES string of the molecule is Cc1nc2cc(N3CC(C(=O)NCc4csc(-c5ccccc5C)n4)CC3=O)ccc2s1. The van der Waals surface area contributed by atoms with Gasteiger partial charge in [-0.15, -0.1) is 22.7 Å². The number of carbonyl (C=O) groups excluding carboxylic acids is 2. The van der Waals surface area contributed by atoms with Crippen molar-refractivity contribution < 1.29 is 9.59 Å². The molecule has 8 heteroatoms. The van der Waals surface area contributed by atoms with Crippen molar-refractivity contribution in [3.63, 3.8) is 0 Å². The molecule has 2 amide bonds. The third-order valence-corrected chi connectivity index (χ3v) is 7.53. The second kappa shape index (κ2) is 8.44. The summed E-state index contributed by atoms with van der Waals surface area (Å²) in [4.78, 5) is 36.2. The summed E-state index contributed by atoms with van der Waals surface area (Å²) >= 11 is 3.20. The van der Waals surface area contributed by atoms with Gasteiger partial charge < -0.3 is 10.2 Å². The van der Waals surface area contributed by atoms with E-state index in [0.29, 0.717) is 13.1 Å². The lowest BCUT2D eigenvalue weighted by Gasteiger charge is -2.16. The Bertz CT molecular complexity index is 1330. The Morgan fingerprint density at radius 1 is 1.19 bits per heavy atom. The molecule has 0 radical (unpaired) electrons. The van der Waals surface area contributed by atoms with Crippen LogP contribution in [0.15, 0.2) is 47.8 Å². The molecule has 32 heavy (non-hydrogen) atoms. The summed E-state index contributed by atoms with van der Waals surface area (Å²) in [6.45, 7) is 4.77. The van der Waals surface area contributed by atoms with Gasteiger partial charge in [-0.3, -0.25) is 9.59 Å². The first kappa shape index (κ1) is 20.8. The van der Waals surface area contributed by atoms with Crippen molar-refractivity contribution >= 4 is 50.4 Å². The predicted octanol–water partition coefficient (Wildman–Crippen LogP) is 4.71. The molecule has 1 unspecified atom stereocenters. The van der Waals surface area contributed by atoms with Crippen LogP contribution < -0.4 is 10.2 Å². The van der Waals surface area contributed by atoms with E-state index in [0.717, 1.165) is 37.2 Å². The number of aryl methyl sites for hydroxylation is 2. The van der Waals surface area contributed by atoms with Gasteiger partial charge in [0.1, 0.15) is 5.01 Å². The van der Waals surface area contributed by atoms with Crippen LogP contribution in [-0.2, 0) is 16.1 Å². The summed E-state index contributed by atoms with van der Waals surface area (Å²) in [5, 5.41) is 6.87. The largest absolute Gasteiger partial charge is 0.350 e. The molecular weight excluding hydrogens is 440 g/mol. The Labute approximate surface area is 193 Å². The highest BCUT2D eigenvalue weighted by atomic mass is 32.1. The van der Waals surface area contributed by atoms with Gasteiger partial charge in [0.25, 0.3) is 0 Å². The third kappa shape index (κ3) is 4.03. The van der Waals surface area contributed by atoms with Crippen LogP contribution in [0.1, 0.15) is 22.7 Å². The van der Waals surface area contributed by atoms with E-state index in [-0.39, 0.29) is 24.2 Å². The zero-order valence-corrected chi connectivity index (χ0v) is 19.4. The first-order valence-electron chi connectivity index (χ1n) is 10.4. The van der Waals surface area contributed by atoms with Crippen LogP contribution in [0.25, 0.3) is 20.8 Å². The van der Waals surface area contributed by atoms with Crippen molar-refractivity contribution in [1.82, 2.24) is 15.3 Å². The Kier molecular flexibility index (Phi) is 5.48. The molecule has 162 valence electrons. The summed E-state index contributed by atoms with van der Waals surface area (Å²) in [7, 11) is 0. The number of aromatic nitrogens is 2. The molecule has 2 aromatic carbocycles. The van der Waals surface area contributed by atoms with Crippen LogP contribution >= 0.6 is 22.7 Å². The average Bonchev–Trinajstić information content (AvgIpc) is 3.49. The van der Waals surface area contributed by atoms with Crippen molar-refractivity contribution in [2.24, 2.45) is 5.92 Å². The highest BCUT2D eigenvalue weighted by Gasteiger charge is 2.35. The van der Waals surface area contributed by atoms with Crippen molar-refractivity contribution in [3.8, 4) is 10.6 Å². The van der Waals surface area contributed by atoms with Crippen LogP contribution in [0, 0.1) is 19.8 Å². The fourth-order valence-electron chi connectivity index (χ4n) is 3.98. The normalized spacial score (nSPS) is 16.1. The Hall–Kier alpha value is -3.10. The lowest BCUT2D eigenvalue weighted by Crippen LogP contribution is -2.32. The van der Waals surface area contributed by atoms with Crippen LogP contribution in [0.3, 0.4) is 0 Å². The van der Waals surface area contributed by atoms with Gasteiger partial charge in [0.15, 0.2) is 0 Å². The number of anilines is 1. The smallest absolute Gasteiger partial charge is 0.227 e. The van der Waals surface area contributed by atoms with Crippen molar-refractivity contribution in [2.75, 3.05) is 11.4 Å². The number of thiazole rings is 2. The highest BCUT2D eigenvalue weighted by Crippen LogP contribution is 2.30. The Morgan fingerprint density at radius 2 is 2.03 bits per heavy atom. The van der Waals surface area contributed by atoms with Gasteiger partial charge >= 0.3 is 0 Å². The number of nitrogens with one attached hydrogen (secondary N) is 1. The molecule has 6 nitrogen and oxygen atoms in total. The molecule has 1 atom stereocenters. The lowest BCUT2D eigenvalue weighted by atomic mass is 10.1. The maximum atomic E-state index is 12.8. The minimum absolute atomic E-state index is 0.0352. The maximum absolute atomic E-state index is 12.8. The fraction of sp³-hybridized carbons (Fsp3) is 0.250. The minimum Gasteiger partial charge on any atom is -0.350 e. The van der Waals surface area contributed by atoms with E-state index < -0.39 is 0 Å². The Balaban J connectivity index is 1.23. The summed E-state index contributed by atoms with van der Waals surface area (Å²) in [5.41, 5.74) is 4.80. The molecule has 5 rings (SSSR count). The molecular formula is C24H22N4O2S2. The van der Waals surface area contributed by atoms with Crippen molar-refractivity contribution in [1.29, 1.82) is 0 Å². The number of rotatable bonds is 5. The summed E-state index contributed by atoms with van der Waals surface area (Å²) < 4.78 is 1.10. The van der Waals surface area contributed by atoms with E-state index in [1.54, 1.807) is 27.6 Å². The van der Waals surface area contributed by atoms with Crippen LogP contribution in [0.2, 0.25) is 0 Å². The van der Waals surface area contributed by atoms with Crippen LogP contribution in [0.5, 0.6) is 0 Å².